The molecule has 3 aromatic rings. The van der Waals surface area contributed by atoms with Crippen LogP contribution in [-0.4, -0.2) is 17.6 Å². The van der Waals surface area contributed by atoms with Gasteiger partial charge in [-0.3, -0.25) is 4.79 Å². The Labute approximate surface area is 184 Å². The van der Waals surface area contributed by atoms with Gasteiger partial charge in [0, 0.05) is 17.4 Å². The number of hydrogen-bond acceptors (Lipinski definition) is 4. The molecule has 1 heterocycles. The molecule has 0 bridgehead atoms. The van der Waals surface area contributed by atoms with Gasteiger partial charge in [0.2, 0.25) is 0 Å². The van der Waals surface area contributed by atoms with Gasteiger partial charge in [0.05, 0.1) is 29.5 Å². The highest BCUT2D eigenvalue weighted by atomic mass is 19.4. The summed E-state index contributed by atoms with van der Waals surface area (Å²) in [6.07, 6.45) is -3.41. The highest BCUT2D eigenvalue weighted by molar-refractivity contribution is 6.00. The van der Waals surface area contributed by atoms with E-state index in [0.717, 1.165) is 18.2 Å². The molecule has 0 fully saturated rings. The van der Waals surface area contributed by atoms with E-state index in [1.54, 1.807) is 6.92 Å². The van der Waals surface area contributed by atoms with Crippen LogP contribution in [0.1, 0.15) is 18.1 Å². The number of nitrogens with one attached hydrogen (secondary N) is 3. The van der Waals surface area contributed by atoms with E-state index in [1.165, 1.54) is 30.5 Å². The van der Waals surface area contributed by atoms with Crippen LogP contribution in [0.3, 0.4) is 0 Å². The molecule has 2 aromatic carbocycles. The van der Waals surface area contributed by atoms with Crippen LogP contribution >= 0.6 is 0 Å². The molecule has 3 rings (SSSR count). The zero-order valence-corrected chi connectivity index (χ0v) is 17.0. The molecule has 0 unspecified atom stereocenters. The van der Waals surface area contributed by atoms with Crippen LogP contribution in [-0.2, 0) is 6.18 Å². The molecule has 0 saturated heterocycles. The van der Waals surface area contributed by atoms with E-state index in [9.17, 15) is 27.2 Å². The normalized spacial score (nSPS) is 10.9. The van der Waals surface area contributed by atoms with Crippen molar-refractivity contribution in [2.45, 2.75) is 13.1 Å². The number of anilines is 2. The van der Waals surface area contributed by atoms with Crippen LogP contribution in [0.15, 0.2) is 53.5 Å². The largest absolute Gasteiger partial charge is 0.488 e. The quantitative estimate of drug-likeness (QED) is 0.460. The van der Waals surface area contributed by atoms with Crippen molar-refractivity contribution in [1.82, 2.24) is 4.98 Å². The SMILES string of the molecule is CCOc1cc(-c2ccc(NC(=O)Nc3ccc(C#N)c(C(F)(F)F)c3)c(F)c2)c[nH]c1=O. The number of benzene rings is 2. The average Bonchev–Trinajstić information content (AvgIpc) is 2.76. The maximum Gasteiger partial charge on any atom is 0.417 e. The van der Waals surface area contributed by atoms with E-state index in [2.05, 4.69) is 15.6 Å². The number of nitrogens with zero attached hydrogens (tertiary/aromatic N) is 1. The molecule has 1 aromatic heterocycles. The van der Waals surface area contributed by atoms with Crippen molar-refractivity contribution >= 4 is 17.4 Å². The summed E-state index contributed by atoms with van der Waals surface area (Å²) in [5, 5.41) is 13.2. The minimum Gasteiger partial charge on any atom is -0.488 e. The number of amides is 2. The summed E-state index contributed by atoms with van der Waals surface area (Å²) >= 11 is 0. The Morgan fingerprint density at radius 1 is 1.12 bits per heavy atom. The first-order chi connectivity index (χ1) is 15.6. The third-order valence-corrected chi connectivity index (χ3v) is 4.42. The fourth-order valence-corrected chi connectivity index (χ4v) is 2.93. The predicted octanol–water partition coefficient (Wildman–Crippen LogP) is 5.11. The van der Waals surface area contributed by atoms with Crippen molar-refractivity contribution in [3.63, 3.8) is 0 Å². The first-order valence-corrected chi connectivity index (χ1v) is 9.47. The van der Waals surface area contributed by atoms with Gasteiger partial charge >= 0.3 is 12.2 Å². The molecule has 7 nitrogen and oxygen atoms in total. The lowest BCUT2D eigenvalue weighted by molar-refractivity contribution is -0.137. The Hall–Kier alpha value is -4.33. The molecule has 0 aliphatic carbocycles. The first kappa shape index (κ1) is 23.3. The molecule has 33 heavy (non-hydrogen) atoms. The number of carbonyl (C=O) groups is 1. The van der Waals surface area contributed by atoms with Gasteiger partial charge in [-0.25, -0.2) is 9.18 Å². The lowest BCUT2D eigenvalue weighted by Crippen LogP contribution is -2.20. The van der Waals surface area contributed by atoms with Gasteiger partial charge in [-0.1, -0.05) is 6.07 Å². The molecule has 0 radical (unpaired) electrons. The number of aromatic amines is 1. The number of ether oxygens (including phenoxy) is 1. The summed E-state index contributed by atoms with van der Waals surface area (Å²) in [4.78, 5) is 26.4. The molecule has 3 N–H and O–H groups in total. The Kier molecular flexibility index (Phi) is 6.67. The van der Waals surface area contributed by atoms with E-state index in [0.29, 0.717) is 17.2 Å². The van der Waals surface area contributed by atoms with Gasteiger partial charge in [-0.15, -0.1) is 0 Å². The van der Waals surface area contributed by atoms with Gasteiger partial charge < -0.3 is 20.4 Å². The second-order valence-corrected chi connectivity index (χ2v) is 6.66. The number of alkyl halides is 3. The molecular formula is C22H16F4N4O3. The van der Waals surface area contributed by atoms with Crippen LogP contribution in [0.4, 0.5) is 33.7 Å². The van der Waals surface area contributed by atoms with Crippen LogP contribution in [0, 0.1) is 17.1 Å². The smallest absolute Gasteiger partial charge is 0.417 e. The molecule has 0 atom stereocenters. The zero-order chi connectivity index (χ0) is 24.2. The standard InChI is InChI=1S/C22H16F4N4O3/c1-2-33-19-8-14(11-28-20(19)31)12-4-6-18(17(23)7-12)30-21(32)29-15-5-3-13(10-27)16(9-15)22(24,25)26/h3-9,11H,2H2,1H3,(H,28,31)(H2,29,30,32). The van der Waals surface area contributed by atoms with Gasteiger partial charge in [-0.2, -0.15) is 18.4 Å². The van der Waals surface area contributed by atoms with E-state index < -0.39 is 34.7 Å². The minimum absolute atomic E-state index is 0.0673. The van der Waals surface area contributed by atoms with Crippen LogP contribution < -0.4 is 20.9 Å². The van der Waals surface area contributed by atoms with Crippen molar-refractivity contribution in [1.29, 1.82) is 5.26 Å². The Morgan fingerprint density at radius 2 is 1.88 bits per heavy atom. The number of halogens is 4. The first-order valence-electron chi connectivity index (χ1n) is 9.47. The number of pyridine rings is 1. The van der Waals surface area contributed by atoms with E-state index in [-0.39, 0.29) is 23.7 Å². The molecular weight excluding hydrogens is 444 g/mol. The minimum atomic E-state index is -4.79. The molecule has 0 saturated carbocycles. The van der Waals surface area contributed by atoms with E-state index in [4.69, 9.17) is 10.00 Å². The van der Waals surface area contributed by atoms with E-state index in [1.807, 2.05) is 0 Å². The summed E-state index contributed by atoms with van der Waals surface area (Å²) in [6, 6.07) is 8.41. The predicted molar refractivity (Wildman–Crippen MR) is 112 cm³/mol. The fourth-order valence-electron chi connectivity index (χ4n) is 2.93. The van der Waals surface area contributed by atoms with Crippen LogP contribution in [0.5, 0.6) is 5.75 Å². The van der Waals surface area contributed by atoms with Gasteiger partial charge in [0.15, 0.2) is 5.75 Å². The number of urea groups is 1. The lowest BCUT2D eigenvalue weighted by atomic mass is 10.1. The monoisotopic (exact) mass is 460 g/mol. The topological polar surface area (TPSA) is 107 Å². The molecule has 170 valence electrons. The third kappa shape index (κ3) is 5.48. The molecule has 11 heteroatoms. The van der Waals surface area contributed by atoms with Gasteiger partial charge in [0.25, 0.3) is 5.56 Å². The molecule has 0 aliphatic rings. The lowest BCUT2D eigenvalue weighted by Gasteiger charge is -2.13. The van der Waals surface area contributed by atoms with Crippen LogP contribution in [0.25, 0.3) is 11.1 Å². The Balaban J connectivity index is 1.77. The number of nitriles is 1. The van der Waals surface area contributed by atoms with E-state index >= 15 is 0 Å². The Morgan fingerprint density at radius 3 is 2.52 bits per heavy atom. The average molecular weight is 460 g/mol. The maximum absolute atomic E-state index is 14.6. The van der Waals surface area contributed by atoms with Crippen molar-refractivity contribution in [2.24, 2.45) is 0 Å². The summed E-state index contributed by atoms with van der Waals surface area (Å²) in [6.45, 7) is 1.97. The summed E-state index contributed by atoms with van der Waals surface area (Å²) in [7, 11) is 0. The summed E-state index contributed by atoms with van der Waals surface area (Å²) in [5.74, 6) is -0.750. The highest BCUT2D eigenvalue weighted by Gasteiger charge is 2.34. The molecule has 0 aliphatic heterocycles. The van der Waals surface area contributed by atoms with Crippen LogP contribution in [0.2, 0.25) is 0 Å². The summed E-state index contributed by atoms with van der Waals surface area (Å²) < 4.78 is 59.0. The number of aromatic nitrogens is 1. The second-order valence-electron chi connectivity index (χ2n) is 6.66. The molecule has 0 spiro atoms. The summed E-state index contributed by atoms with van der Waals surface area (Å²) in [5.41, 5.74) is -1.84. The molecule has 2 amide bonds. The van der Waals surface area contributed by atoms with Gasteiger partial charge in [0.1, 0.15) is 5.82 Å². The third-order valence-electron chi connectivity index (χ3n) is 4.42. The van der Waals surface area contributed by atoms with Gasteiger partial charge in [-0.05, 0) is 48.9 Å². The highest BCUT2D eigenvalue weighted by Crippen LogP contribution is 2.33. The van der Waals surface area contributed by atoms with Crippen molar-refractivity contribution in [3.8, 4) is 22.9 Å². The maximum atomic E-state index is 14.6. The Bertz CT molecular complexity index is 1300. The van der Waals surface area contributed by atoms with Crippen molar-refractivity contribution in [2.75, 3.05) is 17.2 Å². The number of rotatable bonds is 5. The number of H-pyrrole nitrogens is 1. The van der Waals surface area contributed by atoms with Crippen molar-refractivity contribution in [3.05, 3.63) is 76.0 Å². The number of carbonyl (C=O) groups excluding carboxylic acids is 1. The van der Waals surface area contributed by atoms with Crippen molar-refractivity contribution < 1.29 is 27.1 Å². The second kappa shape index (κ2) is 9.44. The number of hydrogen-bond donors (Lipinski definition) is 3. The zero-order valence-electron chi connectivity index (χ0n) is 17.0. The fraction of sp³-hybridized carbons (Fsp3) is 0.136.